The SMILES string of the molecule is N#CCC1(COCc2ccccc2)CCCC1. The number of benzene rings is 1. The summed E-state index contributed by atoms with van der Waals surface area (Å²) in [6, 6.07) is 12.5. The predicted octanol–water partition coefficient (Wildman–Crippen LogP) is 3.68. The summed E-state index contributed by atoms with van der Waals surface area (Å²) in [5, 5.41) is 8.90. The van der Waals surface area contributed by atoms with Crippen LogP contribution in [-0.4, -0.2) is 6.61 Å². The molecular formula is C15H19NO. The zero-order chi connectivity index (χ0) is 12.0. The molecular weight excluding hydrogens is 210 g/mol. The molecule has 1 saturated carbocycles. The molecule has 0 bridgehead atoms. The largest absolute Gasteiger partial charge is 0.376 e. The van der Waals surface area contributed by atoms with Crippen LogP contribution in [0.2, 0.25) is 0 Å². The molecule has 2 nitrogen and oxygen atoms in total. The lowest BCUT2D eigenvalue weighted by Gasteiger charge is -2.25. The first kappa shape index (κ1) is 12.1. The van der Waals surface area contributed by atoms with E-state index >= 15 is 0 Å². The van der Waals surface area contributed by atoms with Crippen molar-refractivity contribution in [3.05, 3.63) is 35.9 Å². The second kappa shape index (κ2) is 5.84. The van der Waals surface area contributed by atoms with Crippen molar-refractivity contribution < 1.29 is 4.74 Å². The van der Waals surface area contributed by atoms with E-state index in [0.29, 0.717) is 13.0 Å². The van der Waals surface area contributed by atoms with Crippen molar-refractivity contribution in [2.45, 2.75) is 38.7 Å². The first-order valence-electron chi connectivity index (χ1n) is 6.33. The third kappa shape index (κ3) is 3.31. The van der Waals surface area contributed by atoms with Gasteiger partial charge in [-0.2, -0.15) is 5.26 Å². The molecule has 1 fully saturated rings. The maximum atomic E-state index is 8.90. The lowest BCUT2D eigenvalue weighted by molar-refractivity contribution is 0.0383. The standard InChI is InChI=1S/C15H19NO/c16-11-10-15(8-4-5-9-15)13-17-12-14-6-2-1-3-7-14/h1-3,6-7H,4-5,8-10,12-13H2. The van der Waals surface area contributed by atoms with Crippen molar-refractivity contribution >= 4 is 0 Å². The van der Waals surface area contributed by atoms with Crippen molar-refractivity contribution in [1.82, 2.24) is 0 Å². The molecule has 0 saturated heterocycles. The third-order valence-corrected chi connectivity index (χ3v) is 3.64. The Labute approximate surface area is 103 Å². The number of rotatable bonds is 5. The molecule has 0 spiro atoms. The molecule has 0 amide bonds. The molecule has 17 heavy (non-hydrogen) atoms. The predicted molar refractivity (Wildman–Crippen MR) is 67.2 cm³/mol. The van der Waals surface area contributed by atoms with Crippen LogP contribution in [0.5, 0.6) is 0 Å². The average molecular weight is 229 g/mol. The van der Waals surface area contributed by atoms with Crippen molar-refractivity contribution in [2.75, 3.05) is 6.61 Å². The normalized spacial score (nSPS) is 17.8. The fourth-order valence-electron chi connectivity index (χ4n) is 2.62. The lowest BCUT2D eigenvalue weighted by Crippen LogP contribution is -2.22. The molecule has 0 aliphatic heterocycles. The van der Waals surface area contributed by atoms with Crippen molar-refractivity contribution in [3.63, 3.8) is 0 Å². The quantitative estimate of drug-likeness (QED) is 0.771. The van der Waals surface area contributed by atoms with Crippen molar-refractivity contribution in [2.24, 2.45) is 5.41 Å². The fraction of sp³-hybridized carbons (Fsp3) is 0.533. The van der Waals surface area contributed by atoms with E-state index in [0.717, 1.165) is 19.4 Å². The molecule has 0 unspecified atom stereocenters. The van der Waals surface area contributed by atoms with Crippen LogP contribution >= 0.6 is 0 Å². The molecule has 0 aromatic heterocycles. The van der Waals surface area contributed by atoms with Gasteiger partial charge in [0, 0.05) is 11.8 Å². The summed E-state index contributed by atoms with van der Waals surface area (Å²) >= 11 is 0. The molecule has 2 heteroatoms. The summed E-state index contributed by atoms with van der Waals surface area (Å²) in [5.41, 5.74) is 1.35. The van der Waals surface area contributed by atoms with Gasteiger partial charge in [-0.3, -0.25) is 0 Å². The molecule has 90 valence electrons. The maximum Gasteiger partial charge on any atom is 0.0717 e. The van der Waals surface area contributed by atoms with E-state index in [4.69, 9.17) is 10.00 Å². The highest BCUT2D eigenvalue weighted by molar-refractivity contribution is 5.13. The Morgan fingerprint density at radius 1 is 1.18 bits per heavy atom. The molecule has 1 aromatic carbocycles. The minimum absolute atomic E-state index is 0.142. The molecule has 0 atom stereocenters. The Morgan fingerprint density at radius 3 is 2.53 bits per heavy atom. The Balaban J connectivity index is 1.82. The Bertz CT molecular complexity index is 374. The number of nitrogens with zero attached hydrogens (tertiary/aromatic N) is 1. The summed E-state index contributed by atoms with van der Waals surface area (Å²) in [5.74, 6) is 0. The van der Waals surface area contributed by atoms with E-state index in [1.165, 1.54) is 18.4 Å². The van der Waals surface area contributed by atoms with Crippen LogP contribution in [0.4, 0.5) is 0 Å². The zero-order valence-corrected chi connectivity index (χ0v) is 10.2. The van der Waals surface area contributed by atoms with Gasteiger partial charge in [0.05, 0.1) is 19.3 Å². The highest BCUT2D eigenvalue weighted by Gasteiger charge is 2.33. The smallest absolute Gasteiger partial charge is 0.0717 e. The second-order valence-corrected chi connectivity index (χ2v) is 5.02. The summed E-state index contributed by atoms with van der Waals surface area (Å²) in [6.07, 6.45) is 5.43. The van der Waals surface area contributed by atoms with Gasteiger partial charge in [0.1, 0.15) is 0 Å². The third-order valence-electron chi connectivity index (χ3n) is 3.64. The highest BCUT2D eigenvalue weighted by atomic mass is 16.5. The van der Waals surface area contributed by atoms with Gasteiger partial charge >= 0.3 is 0 Å². The zero-order valence-electron chi connectivity index (χ0n) is 10.2. The van der Waals surface area contributed by atoms with Crippen LogP contribution < -0.4 is 0 Å². The molecule has 1 aliphatic carbocycles. The van der Waals surface area contributed by atoms with E-state index in [1.807, 2.05) is 18.2 Å². The van der Waals surface area contributed by atoms with Crippen LogP contribution in [0.15, 0.2) is 30.3 Å². The molecule has 0 N–H and O–H groups in total. The van der Waals surface area contributed by atoms with Gasteiger partial charge < -0.3 is 4.74 Å². The minimum Gasteiger partial charge on any atom is -0.376 e. The van der Waals surface area contributed by atoms with Gasteiger partial charge in [0.2, 0.25) is 0 Å². The Kier molecular flexibility index (Phi) is 4.17. The van der Waals surface area contributed by atoms with Gasteiger partial charge in [-0.1, -0.05) is 43.2 Å². The minimum atomic E-state index is 0.142. The number of nitriles is 1. The van der Waals surface area contributed by atoms with Gasteiger partial charge in [-0.05, 0) is 18.4 Å². The fourth-order valence-corrected chi connectivity index (χ4v) is 2.62. The topological polar surface area (TPSA) is 33.0 Å². The van der Waals surface area contributed by atoms with E-state index < -0.39 is 0 Å². The van der Waals surface area contributed by atoms with Crippen LogP contribution in [0.3, 0.4) is 0 Å². The van der Waals surface area contributed by atoms with E-state index in [-0.39, 0.29) is 5.41 Å². The number of ether oxygens (including phenoxy) is 1. The van der Waals surface area contributed by atoms with Gasteiger partial charge in [-0.15, -0.1) is 0 Å². The van der Waals surface area contributed by atoms with Crippen molar-refractivity contribution in [3.8, 4) is 6.07 Å². The van der Waals surface area contributed by atoms with Crippen LogP contribution in [-0.2, 0) is 11.3 Å². The summed E-state index contributed by atoms with van der Waals surface area (Å²) in [4.78, 5) is 0. The summed E-state index contributed by atoms with van der Waals surface area (Å²) in [7, 11) is 0. The molecule has 1 aromatic rings. The Hall–Kier alpha value is -1.33. The monoisotopic (exact) mass is 229 g/mol. The molecule has 0 heterocycles. The van der Waals surface area contributed by atoms with Gasteiger partial charge in [0.15, 0.2) is 0 Å². The second-order valence-electron chi connectivity index (χ2n) is 5.02. The van der Waals surface area contributed by atoms with Crippen LogP contribution in [0, 0.1) is 16.7 Å². The van der Waals surface area contributed by atoms with E-state index in [2.05, 4.69) is 18.2 Å². The van der Waals surface area contributed by atoms with Crippen LogP contribution in [0.25, 0.3) is 0 Å². The lowest BCUT2D eigenvalue weighted by atomic mass is 9.84. The Morgan fingerprint density at radius 2 is 1.88 bits per heavy atom. The van der Waals surface area contributed by atoms with E-state index in [9.17, 15) is 0 Å². The number of hydrogen-bond donors (Lipinski definition) is 0. The summed E-state index contributed by atoms with van der Waals surface area (Å²) < 4.78 is 5.81. The first-order valence-corrected chi connectivity index (χ1v) is 6.33. The number of hydrogen-bond acceptors (Lipinski definition) is 2. The maximum absolute atomic E-state index is 8.90. The van der Waals surface area contributed by atoms with Crippen molar-refractivity contribution in [1.29, 1.82) is 5.26 Å². The van der Waals surface area contributed by atoms with Gasteiger partial charge in [-0.25, -0.2) is 0 Å². The summed E-state index contributed by atoms with van der Waals surface area (Å²) in [6.45, 7) is 1.39. The van der Waals surface area contributed by atoms with E-state index in [1.54, 1.807) is 0 Å². The molecule has 1 aliphatic rings. The average Bonchev–Trinajstić information content (AvgIpc) is 2.80. The first-order chi connectivity index (χ1) is 8.35. The molecule has 0 radical (unpaired) electrons. The van der Waals surface area contributed by atoms with Gasteiger partial charge in [0.25, 0.3) is 0 Å². The molecule has 2 rings (SSSR count). The highest BCUT2D eigenvalue weighted by Crippen LogP contribution is 2.41. The van der Waals surface area contributed by atoms with Crippen LogP contribution in [0.1, 0.15) is 37.7 Å².